The molecule has 0 saturated heterocycles. The van der Waals surface area contributed by atoms with Crippen molar-refractivity contribution in [1.29, 1.82) is 0 Å². The number of alkyl halides is 1. The van der Waals surface area contributed by atoms with Gasteiger partial charge in [-0.2, -0.15) is 0 Å². The first-order chi connectivity index (χ1) is 15.5. The van der Waals surface area contributed by atoms with E-state index in [-0.39, 0.29) is 15.7 Å². The number of fused-ring (bicyclic) bond motifs is 4. The molecule has 1 atom stereocenters. The number of nitrogens with one attached hydrogen (secondary N) is 3. The van der Waals surface area contributed by atoms with E-state index in [1.54, 1.807) is 24.4 Å². The molecule has 3 aromatic rings. The fraction of sp³-hybridized carbons (Fsp3) is 0.150. The van der Waals surface area contributed by atoms with E-state index < -0.39 is 53.0 Å². The molecule has 0 aliphatic carbocycles. The minimum absolute atomic E-state index is 0.0299. The summed E-state index contributed by atoms with van der Waals surface area (Å²) in [6, 6.07) is 6.24. The van der Waals surface area contributed by atoms with Crippen LogP contribution in [0.25, 0.3) is 11.3 Å². The Morgan fingerprint density at radius 2 is 2.16 bits per heavy atom. The number of nitrogens with zero attached hydrogens (tertiary/aromatic N) is 1. The summed E-state index contributed by atoms with van der Waals surface area (Å²) >= 11 is -2.45. The zero-order valence-electron chi connectivity index (χ0n) is 16.4. The van der Waals surface area contributed by atoms with Crippen LogP contribution in [0.1, 0.15) is 16.1 Å². The van der Waals surface area contributed by atoms with Crippen LogP contribution in [-0.2, 0) is 9.49 Å². The number of halogens is 3. The quantitative estimate of drug-likeness (QED) is 0.119. The van der Waals surface area contributed by atoms with E-state index in [9.17, 15) is 14.0 Å². The molecule has 1 aromatic carbocycles. The number of methoxy groups -OCH3 is 1. The van der Waals surface area contributed by atoms with Crippen LogP contribution in [0.5, 0.6) is 11.5 Å². The van der Waals surface area contributed by atoms with E-state index in [0.29, 0.717) is 46.1 Å². The third-order valence-corrected chi connectivity index (χ3v) is 8.99. The number of ether oxygens (including phenoxy) is 1. The van der Waals surface area contributed by atoms with Gasteiger partial charge in [-0.25, -0.2) is 0 Å². The van der Waals surface area contributed by atoms with E-state index in [1.165, 1.54) is 19.4 Å². The van der Waals surface area contributed by atoms with Gasteiger partial charge in [-0.1, -0.05) is 0 Å². The zero-order valence-corrected chi connectivity index (χ0v) is 20.7. The van der Waals surface area contributed by atoms with Crippen molar-refractivity contribution in [3.63, 3.8) is 0 Å². The number of hydrogen-bond donors (Lipinski definition) is 3. The van der Waals surface area contributed by atoms with E-state index in [4.69, 9.17) is 10.9 Å². The van der Waals surface area contributed by atoms with Gasteiger partial charge in [0.15, 0.2) is 0 Å². The first-order valence-corrected chi connectivity index (χ1v) is 13.4. The molecule has 168 valence electrons. The van der Waals surface area contributed by atoms with Crippen molar-refractivity contribution < 1.29 is 68.1 Å². The second-order valence-corrected chi connectivity index (χ2v) is 11.0. The molecule has 4 heterocycles. The summed E-state index contributed by atoms with van der Waals surface area (Å²) in [7, 11) is 1.38. The number of hydrogen-bond acceptors (Lipinski definition) is 7. The number of benzene rings is 1. The van der Waals surface area contributed by atoms with Crippen molar-refractivity contribution >= 4 is 21.3 Å². The molecule has 2 aliphatic heterocycles. The van der Waals surface area contributed by atoms with Crippen molar-refractivity contribution in [3.05, 3.63) is 53.7 Å². The standard InChI is InChI=1S/C20H15FI2N4O5/c1-30-18-10(21)3-2-4-11(18)25-17-15-12-7-14(27-19(15)28)22-32-20(29)23-31-13-8-24-6-5-9(13)16(17)26-12/h2-6,8,14,25-26H,7H2,1H3,(H,27,28)/q-2/t14-/m1/s1. The van der Waals surface area contributed by atoms with Crippen molar-refractivity contribution in [2.45, 2.75) is 10.5 Å². The Morgan fingerprint density at radius 1 is 1.28 bits per heavy atom. The Kier molecular flexibility index (Phi) is 5.79. The maximum absolute atomic E-state index is 14.3. The number of carbonyl (C=O) groups is 2. The van der Waals surface area contributed by atoms with Crippen LogP contribution in [0.15, 0.2) is 36.7 Å². The Balaban J connectivity index is 1.71. The van der Waals surface area contributed by atoms with Gasteiger partial charge in [-0.15, -0.1) is 0 Å². The predicted octanol–water partition coefficient (Wildman–Crippen LogP) is -2.88. The molecular formula is C20H15FI2N4O5-2. The van der Waals surface area contributed by atoms with Gasteiger partial charge in [0.25, 0.3) is 0 Å². The normalized spacial score (nSPS) is 17.8. The molecule has 0 saturated carbocycles. The number of anilines is 2. The third-order valence-electron chi connectivity index (χ3n) is 4.86. The molecule has 32 heavy (non-hydrogen) atoms. The number of para-hydroxylation sites is 1. The van der Waals surface area contributed by atoms with Crippen molar-refractivity contribution in [3.8, 4) is 22.8 Å². The van der Waals surface area contributed by atoms with Gasteiger partial charge in [0.05, 0.1) is 0 Å². The maximum atomic E-state index is 14.3. The molecule has 0 spiro atoms. The average molecular weight is 664 g/mol. The Hall–Kier alpha value is -2.62. The Labute approximate surface area is 203 Å². The van der Waals surface area contributed by atoms with E-state index in [2.05, 4.69) is 20.6 Å². The van der Waals surface area contributed by atoms with Crippen LogP contribution < -0.4 is 61.7 Å². The van der Waals surface area contributed by atoms with Crippen LogP contribution in [-0.4, -0.2) is 31.0 Å². The summed E-state index contributed by atoms with van der Waals surface area (Å²) in [6.07, 6.45) is 3.58. The van der Waals surface area contributed by atoms with E-state index >= 15 is 0 Å². The second kappa shape index (κ2) is 8.73. The van der Waals surface area contributed by atoms with Crippen molar-refractivity contribution in [2.75, 3.05) is 12.4 Å². The van der Waals surface area contributed by atoms with Gasteiger partial charge < -0.3 is 0 Å². The molecule has 3 N–H and O–H groups in total. The number of carbonyl (C=O) groups excluding carboxylic acids is 2. The number of amides is 1. The molecule has 0 fully saturated rings. The molecule has 5 rings (SSSR count). The molecule has 0 unspecified atom stereocenters. The van der Waals surface area contributed by atoms with Crippen molar-refractivity contribution in [1.82, 2.24) is 15.3 Å². The summed E-state index contributed by atoms with van der Waals surface area (Å²) < 4.78 is 30.1. The molecule has 9 nitrogen and oxygen atoms in total. The van der Waals surface area contributed by atoms with Gasteiger partial charge in [0.2, 0.25) is 0 Å². The van der Waals surface area contributed by atoms with Gasteiger partial charge in [-0.3, -0.25) is 0 Å². The molecule has 2 aliphatic rings. The van der Waals surface area contributed by atoms with E-state index in [1.807, 2.05) is 0 Å². The van der Waals surface area contributed by atoms with E-state index in [0.717, 1.165) is 0 Å². The molecule has 3 bridgehead atoms. The van der Waals surface area contributed by atoms with Crippen LogP contribution in [0, 0.1) is 5.82 Å². The first kappa shape index (κ1) is 21.2. The monoisotopic (exact) mass is 664 g/mol. The Bertz CT molecular complexity index is 1230. The number of rotatable bonds is 3. The summed E-state index contributed by atoms with van der Waals surface area (Å²) in [6.45, 7) is 0. The SMILES string of the molecule is COc1c(F)cccc1Nc1c2[nH]c3c1C(=O)N[C@H](C3)[I-]OC(=O)[I-]Oc1cnccc1-2. The molecule has 0 radical (unpaired) electrons. The fourth-order valence-electron chi connectivity index (χ4n) is 3.55. The van der Waals surface area contributed by atoms with Crippen LogP contribution >= 0.6 is 0 Å². The van der Waals surface area contributed by atoms with Gasteiger partial charge >= 0.3 is 204 Å². The van der Waals surface area contributed by atoms with Crippen molar-refractivity contribution in [2.24, 2.45) is 0 Å². The zero-order chi connectivity index (χ0) is 22.2. The number of pyridine rings is 1. The summed E-state index contributed by atoms with van der Waals surface area (Å²) in [5.74, 6) is -0.419. The van der Waals surface area contributed by atoms with Gasteiger partial charge in [-0.05, 0) is 0 Å². The minimum atomic E-state index is -1.38. The number of H-pyrrole nitrogens is 1. The molecular weight excluding hydrogens is 649 g/mol. The molecule has 12 heteroatoms. The number of aromatic nitrogens is 2. The average Bonchev–Trinajstić information content (AvgIpc) is 3.15. The van der Waals surface area contributed by atoms with Crippen LogP contribution in [0.3, 0.4) is 0 Å². The Morgan fingerprint density at radius 3 is 3.00 bits per heavy atom. The molecule has 1 amide bonds. The first-order valence-electron chi connectivity index (χ1n) is 9.31. The predicted molar refractivity (Wildman–Crippen MR) is 102 cm³/mol. The number of aromatic amines is 1. The van der Waals surface area contributed by atoms with Crippen LogP contribution in [0.2, 0.25) is 0 Å². The summed E-state index contributed by atoms with van der Waals surface area (Å²) in [5, 5.41) is 6.11. The topological polar surface area (TPSA) is 115 Å². The van der Waals surface area contributed by atoms with Crippen LogP contribution in [0.4, 0.5) is 20.6 Å². The van der Waals surface area contributed by atoms with Gasteiger partial charge in [0.1, 0.15) is 0 Å². The summed E-state index contributed by atoms with van der Waals surface area (Å²) in [5.41, 5.74) is 3.11. The fourth-order valence-corrected chi connectivity index (χ4v) is 7.03. The second-order valence-electron chi connectivity index (χ2n) is 6.75. The van der Waals surface area contributed by atoms with Gasteiger partial charge in [0, 0.05) is 0 Å². The molecule has 2 aromatic heterocycles. The summed E-state index contributed by atoms with van der Waals surface area (Å²) in [4.78, 5) is 32.7. The third kappa shape index (κ3) is 3.85.